The van der Waals surface area contributed by atoms with Crippen molar-refractivity contribution in [3.05, 3.63) is 29.8 Å². The molecule has 0 spiro atoms. The SMILES string of the molecule is COc1ccccc1C(=O)NC(C(=O)N(C)CC(=O)O)C(C)C. The summed E-state index contributed by atoms with van der Waals surface area (Å²) >= 11 is 0. The van der Waals surface area contributed by atoms with Gasteiger partial charge in [-0.1, -0.05) is 26.0 Å². The summed E-state index contributed by atoms with van der Waals surface area (Å²) in [5.74, 6) is -1.81. The van der Waals surface area contributed by atoms with E-state index in [9.17, 15) is 14.4 Å². The van der Waals surface area contributed by atoms with E-state index in [0.717, 1.165) is 4.90 Å². The Morgan fingerprint density at radius 3 is 2.39 bits per heavy atom. The molecule has 0 bridgehead atoms. The van der Waals surface area contributed by atoms with Gasteiger partial charge < -0.3 is 20.1 Å². The van der Waals surface area contributed by atoms with Gasteiger partial charge in [0.05, 0.1) is 12.7 Å². The van der Waals surface area contributed by atoms with Gasteiger partial charge in [0.25, 0.3) is 5.91 Å². The zero-order valence-electron chi connectivity index (χ0n) is 13.7. The quantitative estimate of drug-likeness (QED) is 0.780. The van der Waals surface area contributed by atoms with Gasteiger partial charge in [0, 0.05) is 7.05 Å². The Labute approximate surface area is 135 Å². The molecule has 7 nitrogen and oxygen atoms in total. The number of carbonyl (C=O) groups is 3. The number of likely N-dealkylation sites (N-methyl/N-ethyl adjacent to an activating group) is 1. The summed E-state index contributed by atoms with van der Waals surface area (Å²) in [5, 5.41) is 11.4. The molecule has 0 aliphatic heterocycles. The van der Waals surface area contributed by atoms with Gasteiger partial charge in [-0.3, -0.25) is 14.4 Å². The summed E-state index contributed by atoms with van der Waals surface area (Å²) in [4.78, 5) is 36.6. The standard InChI is InChI=1S/C16H22N2O5/c1-10(2)14(16(22)18(3)9-13(19)20)17-15(21)11-7-5-6-8-12(11)23-4/h5-8,10,14H,9H2,1-4H3,(H,17,21)(H,19,20). The Morgan fingerprint density at radius 1 is 1.26 bits per heavy atom. The molecule has 0 saturated heterocycles. The van der Waals surface area contributed by atoms with Crippen LogP contribution in [0.3, 0.4) is 0 Å². The predicted octanol–water partition coefficient (Wildman–Crippen LogP) is 0.993. The van der Waals surface area contributed by atoms with E-state index >= 15 is 0 Å². The number of para-hydroxylation sites is 1. The fourth-order valence-electron chi connectivity index (χ4n) is 2.08. The summed E-state index contributed by atoms with van der Waals surface area (Å²) in [7, 11) is 2.85. The zero-order chi connectivity index (χ0) is 17.6. The number of nitrogens with one attached hydrogen (secondary N) is 1. The number of ether oxygens (including phenoxy) is 1. The summed E-state index contributed by atoms with van der Waals surface area (Å²) in [6.07, 6.45) is 0. The highest BCUT2D eigenvalue weighted by Gasteiger charge is 2.28. The first kappa shape index (κ1) is 18.5. The highest BCUT2D eigenvalue weighted by molar-refractivity contribution is 5.99. The Morgan fingerprint density at radius 2 is 1.87 bits per heavy atom. The van der Waals surface area contributed by atoms with Crippen molar-refractivity contribution in [2.75, 3.05) is 20.7 Å². The maximum absolute atomic E-state index is 12.4. The van der Waals surface area contributed by atoms with Crippen LogP contribution in [-0.4, -0.2) is 54.5 Å². The predicted molar refractivity (Wildman–Crippen MR) is 84.4 cm³/mol. The lowest BCUT2D eigenvalue weighted by molar-refractivity contribution is -0.144. The van der Waals surface area contributed by atoms with Gasteiger partial charge in [-0.25, -0.2) is 0 Å². The number of amides is 2. The highest BCUT2D eigenvalue weighted by atomic mass is 16.5. The van der Waals surface area contributed by atoms with Crippen molar-refractivity contribution < 1.29 is 24.2 Å². The van der Waals surface area contributed by atoms with E-state index in [-0.39, 0.29) is 5.92 Å². The summed E-state index contributed by atoms with van der Waals surface area (Å²) in [6, 6.07) is 5.85. The maximum Gasteiger partial charge on any atom is 0.323 e. The van der Waals surface area contributed by atoms with Crippen molar-refractivity contribution in [2.24, 2.45) is 5.92 Å². The van der Waals surface area contributed by atoms with Gasteiger partial charge in [0.1, 0.15) is 18.3 Å². The number of aliphatic carboxylic acids is 1. The van der Waals surface area contributed by atoms with Crippen LogP contribution in [0, 0.1) is 5.92 Å². The average Bonchev–Trinajstić information content (AvgIpc) is 2.50. The van der Waals surface area contributed by atoms with Crippen LogP contribution >= 0.6 is 0 Å². The molecule has 23 heavy (non-hydrogen) atoms. The van der Waals surface area contributed by atoms with Crippen molar-refractivity contribution in [1.29, 1.82) is 0 Å². The van der Waals surface area contributed by atoms with E-state index in [1.807, 2.05) is 0 Å². The molecule has 2 N–H and O–H groups in total. The van der Waals surface area contributed by atoms with Crippen LogP contribution in [-0.2, 0) is 9.59 Å². The van der Waals surface area contributed by atoms with E-state index in [1.165, 1.54) is 14.2 Å². The third kappa shape index (κ3) is 4.98. The number of nitrogens with zero attached hydrogens (tertiary/aromatic N) is 1. The van der Waals surface area contributed by atoms with E-state index in [4.69, 9.17) is 9.84 Å². The molecule has 0 aliphatic rings. The first-order chi connectivity index (χ1) is 10.8. The number of methoxy groups -OCH3 is 1. The van der Waals surface area contributed by atoms with Gasteiger partial charge in [-0.05, 0) is 18.1 Å². The molecule has 0 aromatic heterocycles. The Balaban J connectivity index is 2.93. The molecule has 1 atom stereocenters. The number of hydrogen-bond acceptors (Lipinski definition) is 4. The normalized spacial score (nSPS) is 11.7. The minimum Gasteiger partial charge on any atom is -0.496 e. The van der Waals surface area contributed by atoms with Crippen LogP contribution in [0.25, 0.3) is 0 Å². The number of carbonyl (C=O) groups excluding carboxylic acids is 2. The molecule has 0 heterocycles. The van der Waals surface area contributed by atoms with Gasteiger partial charge >= 0.3 is 5.97 Å². The van der Waals surface area contributed by atoms with Crippen LogP contribution < -0.4 is 10.1 Å². The molecule has 0 aliphatic carbocycles. The first-order valence-electron chi connectivity index (χ1n) is 7.18. The summed E-state index contributed by atoms with van der Waals surface area (Å²) < 4.78 is 5.14. The average molecular weight is 322 g/mol. The van der Waals surface area contributed by atoms with Gasteiger partial charge in [0.15, 0.2) is 0 Å². The van der Waals surface area contributed by atoms with Gasteiger partial charge in [-0.2, -0.15) is 0 Å². The number of rotatable bonds is 7. The summed E-state index contributed by atoms with van der Waals surface area (Å²) in [5.41, 5.74) is 0.314. The van der Waals surface area contributed by atoms with Gasteiger partial charge in [-0.15, -0.1) is 0 Å². The molecular formula is C16H22N2O5. The second-order valence-electron chi connectivity index (χ2n) is 5.48. The van der Waals surface area contributed by atoms with Crippen molar-refractivity contribution in [3.8, 4) is 5.75 Å². The van der Waals surface area contributed by atoms with Crippen molar-refractivity contribution in [1.82, 2.24) is 10.2 Å². The fraction of sp³-hybridized carbons (Fsp3) is 0.438. The Hall–Kier alpha value is -2.57. The molecule has 7 heteroatoms. The molecule has 1 unspecified atom stereocenters. The number of hydrogen-bond donors (Lipinski definition) is 2. The third-order valence-corrected chi connectivity index (χ3v) is 3.32. The molecule has 1 aromatic carbocycles. The molecule has 0 saturated carbocycles. The van der Waals surface area contributed by atoms with E-state index < -0.39 is 30.4 Å². The zero-order valence-corrected chi connectivity index (χ0v) is 13.7. The van der Waals surface area contributed by atoms with Crippen LogP contribution in [0.1, 0.15) is 24.2 Å². The monoisotopic (exact) mass is 322 g/mol. The lowest BCUT2D eigenvalue weighted by Gasteiger charge is -2.26. The molecule has 2 amide bonds. The number of carboxylic acid groups (broad SMARTS) is 1. The topological polar surface area (TPSA) is 95.9 Å². The molecule has 1 rings (SSSR count). The van der Waals surface area contributed by atoms with E-state index in [0.29, 0.717) is 11.3 Å². The first-order valence-corrected chi connectivity index (χ1v) is 7.18. The third-order valence-electron chi connectivity index (χ3n) is 3.32. The Kier molecular flexibility index (Phi) is 6.56. The molecule has 1 aromatic rings. The van der Waals surface area contributed by atoms with E-state index in [2.05, 4.69) is 5.32 Å². The Bertz CT molecular complexity index is 586. The second kappa shape index (κ2) is 8.17. The smallest absolute Gasteiger partial charge is 0.323 e. The van der Waals surface area contributed by atoms with Crippen LogP contribution in [0.5, 0.6) is 5.75 Å². The lowest BCUT2D eigenvalue weighted by Crippen LogP contribution is -2.51. The largest absolute Gasteiger partial charge is 0.496 e. The van der Waals surface area contributed by atoms with Crippen LogP contribution in [0.2, 0.25) is 0 Å². The van der Waals surface area contributed by atoms with Crippen molar-refractivity contribution >= 4 is 17.8 Å². The fourth-order valence-corrected chi connectivity index (χ4v) is 2.08. The van der Waals surface area contributed by atoms with Crippen molar-refractivity contribution in [2.45, 2.75) is 19.9 Å². The van der Waals surface area contributed by atoms with Crippen molar-refractivity contribution in [3.63, 3.8) is 0 Å². The van der Waals surface area contributed by atoms with Gasteiger partial charge in [0.2, 0.25) is 5.91 Å². The van der Waals surface area contributed by atoms with Crippen LogP contribution in [0.4, 0.5) is 0 Å². The number of benzene rings is 1. The van der Waals surface area contributed by atoms with E-state index in [1.54, 1.807) is 38.1 Å². The molecule has 0 radical (unpaired) electrons. The highest BCUT2D eigenvalue weighted by Crippen LogP contribution is 2.18. The number of carboxylic acids is 1. The maximum atomic E-state index is 12.4. The summed E-state index contributed by atoms with van der Waals surface area (Å²) in [6.45, 7) is 3.13. The molecule has 126 valence electrons. The minimum absolute atomic E-state index is 0.197. The second-order valence-corrected chi connectivity index (χ2v) is 5.48. The molecule has 0 fully saturated rings. The lowest BCUT2D eigenvalue weighted by atomic mass is 10.0. The molecular weight excluding hydrogens is 300 g/mol. The minimum atomic E-state index is -1.11. The van der Waals surface area contributed by atoms with Crippen LogP contribution in [0.15, 0.2) is 24.3 Å².